The molecule has 1 aromatic heterocycles. The SMILES string of the molecule is CC(C)Cn1cc([C@@H](N)C(F)(F)F)c2ccc(-c3ccccc3C(F)(F)F)cc21. The van der Waals surface area contributed by atoms with E-state index in [9.17, 15) is 26.3 Å². The molecule has 0 unspecified atom stereocenters. The van der Waals surface area contributed by atoms with Crippen LogP contribution in [0.25, 0.3) is 22.0 Å². The van der Waals surface area contributed by atoms with Gasteiger partial charge in [-0.25, -0.2) is 0 Å². The van der Waals surface area contributed by atoms with Gasteiger partial charge in [-0.15, -0.1) is 0 Å². The Balaban J connectivity index is 2.23. The molecule has 29 heavy (non-hydrogen) atoms. The fourth-order valence-corrected chi connectivity index (χ4v) is 3.44. The molecule has 0 spiro atoms. The summed E-state index contributed by atoms with van der Waals surface area (Å²) in [6, 6.07) is 7.26. The van der Waals surface area contributed by atoms with Gasteiger partial charge in [-0.05, 0) is 29.2 Å². The molecule has 0 bridgehead atoms. The van der Waals surface area contributed by atoms with Crippen LogP contribution < -0.4 is 5.73 Å². The summed E-state index contributed by atoms with van der Waals surface area (Å²) in [7, 11) is 0. The van der Waals surface area contributed by atoms with Crippen molar-refractivity contribution in [1.82, 2.24) is 4.57 Å². The standard InChI is InChI=1S/C21H20F6N2/c1-12(2)10-29-11-16(19(28)21(25,26)27)15-8-7-13(9-18(15)29)14-5-3-4-6-17(14)20(22,23)24/h3-9,11-12,19H,10,28H2,1-2H3/t19-/m1/s1. The Morgan fingerprint density at radius 1 is 0.966 bits per heavy atom. The van der Waals surface area contributed by atoms with Crippen LogP contribution in [0.3, 0.4) is 0 Å². The van der Waals surface area contributed by atoms with Gasteiger partial charge in [-0.2, -0.15) is 26.3 Å². The van der Waals surface area contributed by atoms with Crippen molar-refractivity contribution in [1.29, 1.82) is 0 Å². The zero-order valence-electron chi connectivity index (χ0n) is 15.8. The lowest BCUT2D eigenvalue weighted by atomic mass is 9.97. The summed E-state index contributed by atoms with van der Waals surface area (Å²) >= 11 is 0. The smallest absolute Gasteiger partial charge is 0.347 e. The minimum absolute atomic E-state index is 0.0270. The van der Waals surface area contributed by atoms with Gasteiger partial charge in [-0.1, -0.05) is 44.2 Å². The molecule has 2 N–H and O–H groups in total. The molecular weight excluding hydrogens is 394 g/mol. The second kappa shape index (κ2) is 7.40. The van der Waals surface area contributed by atoms with Crippen LogP contribution in [0.1, 0.15) is 31.0 Å². The molecule has 2 nitrogen and oxygen atoms in total. The van der Waals surface area contributed by atoms with Gasteiger partial charge in [0.2, 0.25) is 0 Å². The van der Waals surface area contributed by atoms with Crippen LogP contribution in [0.2, 0.25) is 0 Å². The van der Waals surface area contributed by atoms with Crippen LogP contribution in [-0.4, -0.2) is 10.7 Å². The van der Waals surface area contributed by atoms with E-state index in [2.05, 4.69) is 0 Å². The first kappa shape index (κ1) is 21.2. The second-order valence-corrected chi connectivity index (χ2v) is 7.43. The fraction of sp³-hybridized carbons (Fsp3) is 0.333. The highest BCUT2D eigenvalue weighted by atomic mass is 19.4. The third-order valence-corrected chi connectivity index (χ3v) is 4.71. The normalized spacial score (nSPS) is 14.0. The first-order valence-corrected chi connectivity index (χ1v) is 9.01. The summed E-state index contributed by atoms with van der Waals surface area (Å²) in [6.45, 7) is 4.21. The Morgan fingerprint density at radius 3 is 2.21 bits per heavy atom. The lowest BCUT2D eigenvalue weighted by Gasteiger charge is -2.15. The summed E-state index contributed by atoms with van der Waals surface area (Å²) in [5.41, 5.74) is 5.20. The van der Waals surface area contributed by atoms with Gasteiger partial charge in [0.25, 0.3) is 0 Å². The number of rotatable bonds is 4. The van der Waals surface area contributed by atoms with Gasteiger partial charge in [0.05, 0.1) is 5.56 Å². The van der Waals surface area contributed by atoms with Crippen LogP contribution >= 0.6 is 0 Å². The quantitative estimate of drug-likeness (QED) is 0.483. The number of aromatic nitrogens is 1. The first-order valence-electron chi connectivity index (χ1n) is 9.01. The molecule has 0 saturated carbocycles. The van der Waals surface area contributed by atoms with E-state index in [1.54, 1.807) is 4.57 Å². The van der Waals surface area contributed by atoms with E-state index in [0.29, 0.717) is 12.1 Å². The van der Waals surface area contributed by atoms with Gasteiger partial charge in [0.1, 0.15) is 6.04 Å². The fourth-order valence-electron chi connectivity index (χ4n) is 3.44. The molecule has 156 valence electrons. The molecular formula is C21H20F6N2. The monoisotopic (exact) mass is 414 g/mol. The van der Waals surface area contributed by atoms with Crippen molar-refractivity contribution in [2.24, 2.45) is 11.7 Å². The molecule has 3 rings (SSSR count). The van der Waals surface area contributed by atoms with Crippen molar-refractivity contribution in [2.75, 3.05) is 0 Å². The van der Waals surface area contributed by atoms with E-state index in [1.807, 2.05) is 13.8 Å². The number of hydrogen-bond acceptors (Lipinski definition) is 1. The van der Waals surface area contributed by atoms with Crippen LogP contribution in [0.5, 0.6) is 0 Å². The number of nitrogens with zero attached hydrogens (tertiary/aromatic N) is 1. The molecule has 0 fully saturated rings. The summed E-state index contributed by atoms with van der Waals surface area (Å²) in [5, 5.41) is 0.281. The van der Waals surface area contributed by atoms with Crippen LogP contribution in [0.4, 0.5) is 26.3 Å². The zero-order valence-corrected chi connectivity index (χ0v) is 15.8. The number of hydrogen-bond donors (Lipinski definition) is 1. The van der Waals surface area contributed by atoms with Crippen molar-refractivity contribution in [3.63, 3.8) is 0 Å². The molecule has 1 atom stereocenters. The number of nitrogens with two attached hydrogens (primary N) is 1. The minimum Gasteiger partial charge on any atom is -0.347 e. The summed E-state index contributed by atoms with van der Waals surface area (Å²) in [5.74, 6) is 0.117. The molecule has 2 aromatic carbocycles. The van der Waals surface area contributed by atoms with E-state index in [0.717, 1.165) is 6.07 Å². The van der Waals surface area contributed by atoms with Crippen LogP contribution in [-0.2, 0) is 12.7 Å². The molecule has 3 aromatic rings. The maximum absolute atomic E-state index is 13.4. The van der Waals surface area contributed by atoms with Crippen molar-refractivity contribution in [3.05, 3.63) is 59.8 Å². The van der Waals surface area contributed by atoms with Gasteiger partial charge in [0.15, 0.2) is 0 Å². The molecule has 0 saturated heterocycles. The van der Waals surface area contributed by atoms with Crippen molar-refractivity contribution >= 4 is 10.9 Å². The molecule has 0 radical (unpaired) electrons. The Hall–Kier alpha value is -2.48. The first-order chi connectivity index (χ1) is 13.4. The van der Waals surface area contributed by atoms with Gasteiger partial charge >= 0.3 is 12.4 Å². The molecule has 0 aliphatic carbocycles. The highest BCUT2D eigenvalue weighted by Gasteiger charge is 2.39. The van der Waals surface area contributed by atoms with E-state index >= 15 is 0 Å². The van der Waals surface area contributed by atoms with Crippen LogP contribution in [0, 0.1) is 5.92 Å². The second-order valence-electron chi connectivity index (χ2n) is 7.43. The number of alkyl halides is 6. The van der Waals surface area contributed by atoms with E-state index in [1.165, 1.54) is 42.6 Å². The molecule has 8 heteroatoms. The molecule has 0 aliphatic rings. The third kappa shape index (κ3) is 4.27. The van der Waals surface area contributed by atoms with E-state index in [4.69, 9.17) is 5.73 Å². The lowest BCUT2D eigenvalue weighted by Crippen LogP contribution is -2.28. The number of benzene rings is 2. The van der Waals surface area contributed by atoms with Gasteiger partial charge in [-0.3, -0.25) is 0 Å². The van der Waals surface area contributed by atoms with Gasteiger partial charge in [0, 0.05) is 29.2 Å². The van der Waals surface area contributed by atoms with E-state index in [-0.39, 0.29) is 28.0 Å². The Bertz CT molecular complexity index is 1010. The third-order valence-electron chi connectivity index (χ3n) is 4.71. The Labute approximate surface area is 163 Å². The summed E-state index contributed by atoms with van der Waals surface area (Å²) < 4.78 is 81.4. The summed E-state index contributed by atoms with van der Waals surface area (Å²) in [4.78, 5) is 0. The minimum atomic E-state index is -4.63. The maximum atomic E-state index is 13.4. The highest BCUT2D eigenvalue weighted by Crippen LogP contribution is 2.40. The molecule has 0 aliphatic heterocycles. The molecule has 0 amide bonds. The van der Waals surface area contributed by atoms with Crippen molar-refractivity contribution in [3.8, 4) is 11.1 Å². The average Bonchev–Trinajstić information content (AvgIpc) is 2.96. The Kier molecular flexibility index (Phi) is 5.42. The maximum Gasteiger partial charge on any atom is 0.417 e. The predicted molar refractivity (Wildman–Crippen MR) is 100 cm³/mol. The van der Waals surface area contributed by atoms with Gasteiger partial charge < -0.3 is 10.3 Å². The zero-order chi connectivity index (χ0) is 21.6. The highest BCUT2D eigenvalue weighted by molar-refractivity contribution is 5.89. The van der Waals surface area contributed by atoms with Crippen molar-refractivity contribution in [2.45, 2.75) is 38.8 Å². The average molecular weight is 414 g/mol. The number of halogens is 6. The van der Waals surface area contributed by atoms with E-state index < -0.39 is 24.0 Å². The number of fused-ring (bicyclic) bond motifs is 1. The topological polar surface area (TPSA) is 30.9 Å². The Morgan fingerprint density at radius 2 is 1.62 bits per heavy atom. The van der Waals surface area contributed by atoms with Crippen molar-refractivity contribution < 1.29 is 26.3 Å². The summed E-state index contributed by atoms with van der Waals surface area (Å²) in [6.07, 6.45) is -7.82. The predicted octanol–water partition coefficient (Wildman–Crippen LogP) is 6.55. The van der Waals surface area contributed by atoms with Crippen LogP contribution in [0.15, 0.2) is 48.7 Å². The lowest BCUT2D eigenvalue weighted by molar-refractivity contribution is -0.148. The molecule has 1 heterocycles. The largest absolute Gasteiger partial charge is 0.417 e.